The van der Waals surface area contributed by atoms with Gasteiger partial charge in [0, 0.05) is 50.4 Å². The molecule has 0 amide bonds. The Labute approximate surface area is 170 Å². The second-order valence-corrected chi connectivity index (χ2v) is 7.67. The third-order valence-corrected chi connectivity index (χ3v) is 5.71. The molecule has 0 spiro atoms. The van der Waals surface area contributed by atoms with Crippen molar-refractivity contribution < 1.29 is 14.5 Å². The van der Waals surface area contributed by atoms with E-state index >= 15 is 0 Å². The number of fused-ring (bicyclic) bond motifs is 1. The van der Waals surface area contributed by atoms with E-state index in [1.54, 1.807) is 12.1 Å². The zero-order chi connectivity index (χ0) is 20.2. The number of ether oxygens (including phenoxy) is 1. The summed E-state index contributed by atoms with van der Waals surface area (Å²) in [5.41, 5.74) is 2.84. The van der Waals surface area contributed by atoms with Gasteiger partial charge in [-0.15, -0.1) is 0 Å². The van der Waals surface area contributed by atoms with Crippen LogP contribution in [0.3, 0.4) is 0 Å². The summed E-state index contributed by atoms with van der Waals surface area (Å²) < 4.78 is 5.52. The predicted octanol–water partition coefficient (Wildman–Crippen LogP) is 3.40. The van der Waals surface area contributed by atoms with E-state index in [0.717, 1.165) is 63.2 Å². The lowest BCUT2D eigenvalue weighted by atomic mass is 10.0. The van der Waals surface area contributed by atoms with Crippen molar-refractivity contribution in [2.45, 2.75) is 25.5 Å². The van der Waals surface area contributed by atoms with Crippen LogP contribution >= 0.6 is 0 Å². The van der Waals surface area contributed by atoms with Crippen molar-refractivity contribution in [1.29, 1.82) is 0 Å². The summed E-state index contributed by atoms with van der Waals surface area (Å²) in [5, 5.41) is 10.9. The summed E-state index contributed by atoms with van der Waals surface area (Å²) in [4.78, 5) is 27.3. The highest BCUT2D eigenvalue weighted by Crippen LogP contribution is 2.33. The number of nitro benzene ring substituents is 1. The van der Waals surface area contributed by atoms with E-state index in [1.165, 1.54) is 6.07 Å². The fraction of sp³-hybridized carbons (Fsp3) is 0.409. The largest absolute Gasteiger partial charge is 0.454 e. The van der Waals surface area contributed by atoms with Crippen molar-refractivity contribution >= 4 is 11.7 Å². The second-order valence-electron chi connectivity index (χ2n) is 7.67. The molecule has 0 bridgehead atoms. The molecule has 2 aliphatic rings. The van der Waals surface area contributed by atoms with Crippen LogP contribution in [0.25, 0.3) is 0 Å². The minimum absolute atomic E-state index is 0.117. The molecule has 29 heavy (non-hydrogen) atoms. The molecule has 1 atom stereocenters. The normalized spacial score (nSPS) is 19.7. The maximum absolute atomic E-state index is 11.9. The Morgan fingerprint density at radius 2 is 1.79 bits per heavy atom. The summed E-state index contributed by atoms with van der Waals surface area (Å²) in [6.07, 6.45) is 1.71. The molecule has 0 aromatic heterocycles. The van der Waals surface area contributed by atoms with E-state index in [0.29, 0.717) is 5.56 Å². The molecule has 2 aromatic rings. The van der Waals surface area contributed by atoms with Gasteiger partial charge in [0.25, 0.3) is 5.69 Å². The molecule has 0 N–H and O–H groups in total. The van der Waals surface area contributed by atoms with E-state index in [9.17, 15) is 14.9 Å². The summed E-state index contributed by atoms with van der Waals surface area (Å²) in [6.45, 7) is 5.59. The van der Waals surface area contributed by atoms with Crippen molar-refractivity contribution in [1.82, 2.24) is 9.80 Å². The molecule has 2 aliphatic heterocycles. The predicted molar refractivity (Wildman–Crippen MR) is 109 cm³/mol. The van der Waals surface area contributed by atoms with Crippen molar-refractivity contribution in [2.24, 2.45) is 0 Å². The van der Waals surface area contributed by atoms with Crippen LogP contribution in [0.5, 0.6) is 0 Å². The van der Waals surface area contributed by atoms with E-state index in [2.05, 4.69) is 9.80 Å². The van der Waals surface area contributed by atoms with Gasteiger partial charge in [0.2, 0.25) is 0 Å². The van der Waals surface area contributed by atoms with Gasteiger partial charge < -0.3 is 9.64 Å². The Morgan fingerprint density at radius 3 is 2.59 bits per heavy atom. The molecule has 4 rings (SSSR count). The van der Waals surface area contributed by atoms with E-state index in [-0.39, 0.29) is 22.7 Å². The summed E-state index contributed by atoms with van der Waals surface area (Å²) in [7, 11) is 0. The Hall–Kier alpha value is -2.77. The molecule has 7 nitrogen and oxygen atoms in total. The number of non-ortho nitro benzene ring substituents is 1. The number of piperazine rings is 1. The molecule has 2 aromatic carbocycles. The van der Waals surface area contributed by atoms with Crippen LogP contribution in [-0.4, -0.2) is 53.4 Å². The first-order valence-corrected chi connectivity index (χ1v) is 10.1. The number of esters is 1. The second kappa shape index (κ2) is 8.71. The minimum Gasteiger partial charge on any atom is -0.454 e. The van der Waals surface area contributed by atoms with Gasteiger partial charge in [-0.05, 0) is 31.0 Å². The van der Waals surface area contributed by atoms with Gasteiger partial charge >= 0.3 is 5.97 Å². The number of carbonyl (C=O) groups excluding carboxylic acids is 1. The zero-order valence-corrected chi connectivity index (χ0v) is 16.3. The highest BCUT2D eigenvalue weighted by atomic mass is 16.6. The lowest BCUT2D eigenvalue weighted by Crippen LogP contribution is -2.46. The van der Waals surface area contributed by atoms with E-state index < -0.39 is 0 Å². The number of carbonyl (C=O) groups is 1. The van der Waals surface area contributed by atoms with E-state index in [1.807, 2.05) is 30.3 Å². The van der Waals surface area contributed by atoms with Crippen LogP contribution in [0.15, 0.2) is 48.5 Å². The number of hydrogen-bond donors (Lipinski definition) is 0. The van der Waals surface area contributed by atoms with Crippen LogP contribution in [0.2, 0.25) is 0 Å². The Bertz CT molecular complexity index is 893. The number of cyclic esters (lactones) is 1. The molecule has 1 unspecified atom stereocenters. The first-order valence-electron chi connectivity index (χ1n) is 10.1. The number of nitrogens with zero attached hydrogens (tertiary/aromatic N) is 3. The molecule has 152 valence electrons. The van der Waals surface area contributed by atoms with Gasteiger partial charge in [0.05, 0.1) is 10.5 Å². The van der Waals surface area contributed by atoms with Gasteiger partial charge in [0.15, 0.2) is 0 Å². The molecule has 2 heterocycles. The average molecular weight is 395 g/mol. The Kier molecular flexibility index (Phi) is 5.87. The van der Waals surface area contributed by atoms with Crippen LogP contribution in [-0.2, 0) is 11.3 Å². The SMILES string of the molecule is O=C1OC(CCCN2CCN(Cc3cccc([N+](=O)[O-])c3)CC2)c2ccccc21. The van der Waals surface area contributed by atoms with Crippen molar-refractivity contribution in [3.05, 3.63) is 75.3 Å². The maximum Gasteiger partial charge on any atom is 0.339 e. The molecule has 0 saturated carbocycles. The zero-order valence-electron chi connectivity index (χ0n) is 16.3. The van der Waals surface area contributed by atoms with Crippen LogP contribution in [0.1, 0.15) is 40.4 Å². The van der Waals surface area contributed by atoms with Crippen LogP contribution < -0.4 is 0 Å². The number of nitro groups is 1. The van der Waals surface area contributed by atoms with E-state index in [4.69, 9.17) is 4.74 Å². The van der Waals surface area contributed by atoms with Crippen LogP contribution in [0, 0.1) is 10.1 Å². The fourth-order valence-electron chi connectivity index (χ4n) is 4.13. The summed E-state index contributed by atoms with van der Waals surface area (Å²) in [6, 6.07) is 14.5. The Morgan fingerprint density at radius 1 is 1.03 bits per heavy atom. The molecule has 1 saturated heterocycles. The first-order chi connectivity index (χ1) is 14.1. The summed E-state index contributed by atoms with van der Waals surface area (Å²) in [5.74, 6) is -0.208. The lowest BCUT2D eigenvalue weighted by Gasteiger charge is -2.34. The summed E-state index contributed by atoms with van der Waals surface area (Å²) >= 11 is 0. The van der Waals surface area contributed by atoms with Gasteiger partial charge in [-0.25, -0.2) is 4.79 Å². The van der Waals surface area contributed by atoms with Gasteiger partial charge in [0.1, 0.15) is 6.10 Å². The van der Waals surface area contributed by atoms with Crippen LogP contribution in [0.4, 0.5) is 5.69 Å². The monoisotopic (exact) mass is 395 g/mol. The molecule has 0 aliphatic carbocycles. The average Bonchev–Trinajstić information content (AvgIpc) is 3.05. The molecule has 1 fully saturated rings. The van der Waals surface area contributed by atoms with Crippen molar-refractivity contribution in [3.63, 3.8) is 0 Å². The maximum atomic E-state index is 11.9. The fourth-order valence-corrected chi connectivity index (χ4v) is 4.13. The third-order valence-electron chi connectivity index (χ3n) is 5.71. The molecular formula is C22H25N3O4. The lowest BCUT2D eigenvalue weighted by molar-refractivity contribution is -0.384. The topological polar surface area (TPSA) is 75.9 Å². The quantitative estimate of drug-likeness (QED) is 0.406. The van der Waals surface area contributed by atoms with Gasteiger partial charge in [-0.1, -0.05) is 30.3 Å². The highest BCUT2D eigenvalue weighted by molar-refractivity contribution is 5.93. The first kappa shape index (κ1) is 19.5. The number of benzene rings is 2. The molecular weight excluding hydrogens is 370 g/mol. The van der Waals surface area contributed by atoms with Gasteiger partial charge in [-0.2, -0.15) is 0 Å². The van der Waals surface area contributed by atoms with Gasteiger partial charge in [-0.3, -0.25) is 15.0 Å². The molecule has 0 radical (unpaired) electrons. The molecule has 7 heteroatoms. The Balaban J connectivity index is 1.20. The highest BCUT2D eigenvalue weighted by Gasteiger charge is 2.30. The number of hydrogen-bond acceptors (Lipinski definition) is 6. The standard InChI is InChI=1S/C22H25N3O4/c26-22-20-8-2-1-7-19(20)21(29-22)9-4-10-23-11-13-24(14-12-23)16-17-5-3-6-18(15-17)25(27)28/h1-3,5-8,15,21H,4,9-14,16H2. The number of rotatable bonds is 7. The third kappa shape index (κ3) is 4.63. The minimum atomic E-state index is -0.346. The smallest absolute Gasteiger partial charge is 0.339 e. The van der Waals surface area contributed by atoms with Crippen molar-refractivity contribution in [3.8, 4) is 0 Å². The van der Waals surface area contributed by atoms with Crippen molar-refractivity contribution in [2.75, 3.05) is 32.7 Å².